The van der Waals surface area contributed by atoms with Gasteiger partial charge in [-0.05, 0) is 34.5 Å². The van der Waals surface area contributed by atoms with E-state index < -0.39 is 0 Å². The molecule has 1 aromatic rings. The van der Waals surface area contributed by atoms with Gasteiger partial charge in [-0.2, -0.15) is 0 Å². The number of phenols is 2. The summed E-state index contributed by atoms with van der Waals surface area (Å²) in [6.07, 6.45) is 0. The molecule has 0 spiro atoms. The van der Waals surface area contributed by atoms with Gasteiger partial charge in [0.05, 0.1) is 11.0 Å². The number of aromatic hydroxyl groups is 2. The fourth-order valence-corrected chi connectivity index (χ4v) is 1.93. The molecule has 0 unspecified atom stereocenters. The Labute approximate surface area is 89.5 Å². The molecule has 0 aliphatic rings. The Bertz CT molecular complexity index is 390. The lowest BCUT2D eigenvalue weighted by Crippen LogP contribution is -2.15. The molecule has 0 aromatic heterocycles. The number of halogens is 1. The lowest BCUT2D eigenvalue weighted by molar-refractivity contribution is 0.0999. The van der Waals surface area contributed by atoms with Crippen LogP contribution in [-0.2, 0) is 0 Å². The summed E-state index contributed by atoms with van der Waals surface area (Å²) in [5.74, 6) is -0.889. The molecule has 4 nitrogen and oxygen atoms in total. The standard InChI is InChI=1S/C9H10BrNO3/c1-4-2-5(12)9(14)8(10)7(4)6(13)3-11/h2,12,14H,3,11H2,1H3. The molecule has 1 rings (SSSR count). The third-order valence-electron chi connectivity index (χ3n) is 1.88. The topological polar surface area (TPSA) is 83.5 Å². The van der Waals surface area contributed by atoms with Gasteiger partial charge in [0.15, 0.2) is 17.3 Å². The monoisotopic (exact) mass is 259 g/mol. The average Bonchev–Trinajstić information content (AvgIpc) is 2.14. The Balaban J connectivity index is 3.44. The Hall–Kier alpha value is -1.07. The number of benzene rings is 1. The highest BCUT2D eigenvalue weighted by Crippen LogP contribution is 2.37. The molecule has 0 aliphatic carbocycles. The highest BCUT2D eigenvalue weighted by molar-refractivity contribution is 9.10. The first kappa shape index (κ1) is 11.0. The smallest absolute Gasteiger partial charge is 0.177 e. The largest absolute Gasteiger partial charge is 0.504 e. The van der Waals surface area contributed by atoms with Crippen LogP contribution in [0.25, 0.3) is 0 Å². The van der Waals surface area contributed by atoms with Crippen molar-refractivity contribution in [2.24, 2.45) is 5.73 Å². The molecule has 0 radical (unpaired) electrons. The number of nitrogens with two attached hydrogens (primary N) is 1. The van der Waals surface area contributed by atoms with E-state index in [-0.39, 0.29) is 28.3 Å². The third-order valence-corrected chi connectivity index (χ3v) is 2.65. The summed E-state index contributed by atoms with van der Waals surface area (Å²) in [7, 11) is 0. The van der Waals surface area contributed by atoms with Gasteiger partial charge in [-0.1, -0.05) is 0 Å². The van der Waals surface area contributed by atoms with E-state index >= 15 is 0 Å². The molecule has 76 valence electrons. The molecule has 14 heavy (non-hydrogen) atoms. The van der Waals surface area contributed by atoms with Gasteiger partial charge >= 0.3 is 0 Å². The van der Waals surface area contributed by atoms with Crippen LogP contribution in [0.4, 0.5) is 0 Å². The van der Waals surface area contributed by atoms with E-state index in [2.05, 4.69) is 15.9 Å². The maximum atomic E-state index is 11.4. The Morgan fingerprint density at radius 2 is 2.14 bits per heavy atom. The summed E-state index contributed by atoms with van der Waals surface area (Å²) in [5.41, 5.74) is 6.10. The molecule has 0 bridgehead atoms. The van der Waals surface area contributed by atoms with E-state index in [0.717, 1.165) is 0 Å². The second-order valence-corrected chi connectivity index (χ2v) is 3.67. The van der Waals surface area contributed by atoms with Crippen molar-refractivity contribution in [1.29, 1.82) is 0 Å². The molecule has 0 amide bonds. The third kappa shape index (κ3) is 1.73. The number of Topliss-reactive ketones (excluding diaryl/α,β-unsaturated/α-hetero) is 1. The summed E-state index contributed by atoms with van der Waals surface area (Å²) >= 11 is 3.04. The second-order valence-electron chi connectivity index (χ2n) is 2.88. The van der Waals surface area contributed by atoms with Crippen LogP contribution in [0.2, 0.25) is 0 Å². The van der Waals surface area contributed by atoms with Gasteiger partial charge in [-0.25, -0.2) is 0 Å². The van der Waals surface area contributed by atoms with Crippen molar-refractivity contribution in [2.45, 2.75) is 6.92 Å². The minimum absolute atomic E-state index is 0.135. The minimum atomic E-state index is -0.340. The van der Waals surface area contributed by atoms with E-state index in [9.17, 15) is 15.0 Å². The summed E-state index contributed by atoms with van der Waals surface area (Å²) in [6, 6.07) is 1.32. The number of phenolic OH excluding ortho intramolecular Hbond substituents is 2. The molecule has 0 heterocycles. The van der Waals surface area contributed by atoms with E-state index in [4.69, 9.17) is 5.73 Å². The summed E-state index contributed by atoms with van der Waals surface area (Å²) in [6.45, 7) is 1.52. The molecule has 0 atom stereocenters. The Morgan fingerprint density at radius 1 is 1.57 bits per heavy atom. The molecule has 0 fully saturated rings. The molecule has 4 N–H and O–H groups in total. The van der Waals surface area contributed by atoms with Crippen LogP contribution in [0.3, 0.4) is 0 Å². The highest BCUT2D eigenvalue weighted by atomic mass is 79.9. The van der Waals surface area contributed by atoms with Crippen molar-refractivity contribution in [1.82, 2.24) is 0 Å². The molecule has 0 saturated carbocycles. The van der Waals surface area contributed by atoms with Crippen LogP contribution in [0, 0.1) is 6.92 Å². The number of hydrogen-bond acceptors (Lipinski definition) is 4. The molecule has 5 heteroatoms. The fraction of sp³-hybridized carbons (Fsp3) is 0.222. The molecule has 1 aromatic carbocycles. The van der Waals surface area contributed by atoms with E-state index in [1.165, 1.54) is 6.07 Å². The first-order chi connectivity index (χ1) is 6.49. The number of carbonyl (C=O) groups excluding carboxylic acids is 1. The predicted molar refractivity (Wildman–Crippen MR) is 55.6 cm³/mol. The van der Waals surface area contributed by atoms with Gasteiger partial charge in [0.25, 0.3) is 0 Å². The Morgan fingerprint density at radius 3 is 2.64 bits per heavy atom. The molecule has 0 saturated heterocycles. The van der Waals surface area contributed by atoms with Crippen LogP contribution in [0.5, 0.6) is 11.5 Å². The maximum Gasteiger partial charge on any atom is 0.177 e. The second kappa shape index (κ2) is 3.98. The SMILES string of the molecule is Cc1cc(O)c(O)c(Br)c1C(=O)CN. The zero-order valence-corrected chi connectivity index (χ0v) is 9.13. The van der Waals surface area contributed by atoms with Crippen molar-refractivity contribution in [3.8, 4) is 11.5 Å². The highest BCUT2D eigenvalue weighted by Gasteiger charge is 2.17. The number of hydrogen-bond donors (Lipinski definition) is 3. The van der Waals surface area contributed by atoms with Gasteiger partial charge in [0.2, 0.25) is 0 Å². The van der Waals surface area contributed by atoms with Crippen LogP contribution in [0.15, 0.2) is 10.5 Å². The molecular weight excluding hydrogens is 250 g/mol. The van der Waals surface area contributed by atoms with E-state index in [1.807, 2.05) is 0 Å². The van der Waals surface area contributed by atoms with Crippen molar-refractivity contribution < 1.29 is 15.0 Å². The van der Waals surface area contributed by atoms with Crippen molar-refractivity contribution >= 4 is 21.7 Å². The van der Waals surface area contributed by atoms with Gasteiger partial charge < -0.3 is 15.9 Å². The zero-order valence-electron chi connectivity index (χ0n) is 7.54. The summed E-state index contributed by atoms with van der Waals surface area (Å²) in [4.78, 5) is 11.4. The lowest BCUT2D eigenvalue weighted by Gasteiger charge is -2.09. The quantitative estimate of drug-likeness (QED) is 0.553. The fourth-order valence-electron chi connectivity index (χ4n) is 1.19. The normalized spacial score (nSPS) is 10.2. The van der Waals surface area contributed by atoms with E-state index in [0.29, 0.717) is 11.1 Å². The first-order valence-corrected chi connectivity index (χ1v) is 4.72. The van der Waals surface area contributed by atoms with Crippen LogP contribution >= 0.6 is 15.9 Å². The Kier molecular flexibility index (Phi) is 3.13. The van der Waals surface area contributed by atoms with Gasteiger partial charge in [-0.3, -0.25) is 4.79 Å². The number of rotatable bonds is 2. The van der Waals surface area contributed by atoms with Crippen LogP contribution in [0.1, 0.15) is 15.9 Å². The van der Waals surface area contributed by atoms with Gasteiger partial charge in [0, 0.05) is 5.56 Å². The van der Waals surface area contributed by atoms with E-state index in [1.54, 1.807) is 6.92 Å². The minimum Gasteiger partial charge on any atom is -0.504 e. The number of ketones is 1. The number of aryl methyl sites for hydroxylation is 1. The van der Waals surface area contributed by atoms with Gasteiger partial charge in [-0.15, -0.1) is 0 Å². The number of carbonyl (C=O) groups is 1. The average molecular weight is 260 g/mol. The van der Waals surface area contributed by atoms with Crippen LogP contribution < -0.4 is 5.73 Å². The van der Waals surface area contributed by atoms with Crippen molar-refractivity contribution in [3.63, 3.8) is 0 Å². The first-order valence-electron chi connectivity index (χ1n) is 3.93. The van der Waals surface area contributed by atoms with Crippen molar-refractivity contribution in [2.75, 3.05) is 6.54 Å². The van der Waals surface area contributed by atoms with Crippen molar-refractivity contribution in [3.05, 3.63) is 21.7 Å². The van der Waals surface area contributed by atoms with Crippen LogP contribution in [-0.4, -0.2) is 22.5 Å². The molecule has 0 aliphatic heterocycles. The molecular formula is C9H10BrNO3. The van der Waals surface area contributed by atoms with Gasteiger partial charge in [0.1, 0.15) is 0 Å². The predicted octanol–water partition coefficient (Wildman–Crippen LogP) is 1.31. The maximum absolute atomic E-state index is 11.4. The zero-order chi connectivity index (χ0) is 10.9. The summed E-state index contributed by atoms with van der Waals surface area (Å²) in [5, 5.41) is 18.6. The lowest BCUT2D eigenvalue weighted by atomic mass is 10.0. The summed E-state index contributed by atoms with van der Waals surface area (Å²) < 4.78 is 0.186.